The topological polar surface area (TPSA) is 34.9 Å². The smallest absolute Gasteiger partial charge is 0.174 e. The van der Waals surface area contributed by atoms with E-state index < -0.39 is 0 Å². The van der Waals surface area contributed by atoms with Gasteiger partial charge in [0.2, 0.25) is 0 Å². The molecule has 0 saturated heterocycles. The maximum atomic E-state index is 12.7. The van der Waals surface area contributed by atoms with Crippen molar-refractivity contribution in [3.8, 4) is 5.69 Å². The van der Waals surface area contributed by atoms with Gasteiger partial charge in [-0.1, -0.05) is 23.9 Å². The first-order valence-corrected chi connectivity index (χ1v) is 9.29. The van der Waals surface area contributed by atoms with E-state index in [4.69, 9.17) is 0 Å². The van der Waals surface area contributed by atoms with Gasteiger partial charge in [-0.2, -0.15) is 0 Å². The van der Waals surface area contributed by atoms with Crippen molar-refractivity contribution < 1.29 is 4.79 Å². The molecule has 0 aliphatic heterocycles. The standard InChI is InChI=1S/C21H22N2OS/c1-14-8-9-18(11-15(14)2)23-16(3)12-19(17(23)4)20(24)13-25-21-7-5-6-10-22-21/h5-12H,13H2,1-4H3. The summed E-state index contributed by atoms with van der Waals surface area (Å²) in [4.78, 5) is 17.0. The molecule has 0 amide bonds. The average molecular weight is 350 g/mol. The highest BCUT2D eigenvalue weighted by molar-refractivity contribution is 7.99. The molecule has 25 heavy (non-hydrogen) atoms. The molecule has 1 aromatic carbocycles. The van der Waals surface area contributed by atoms with Crippen LogP contribution in [0, 0.1) is 27.7 Å². The molecule has 0 atom stereocenters. The summed E-state index contributed by atoms with van der Waals surface area (Å²) in [5.41, 5.74) is 6.49. The Hall–Kier alpha value is -2.33. The van der Waals surface area contributed by atoms with Crippen molar-refractivity contribution >= 4 is 17.5 Å². The number of nitrogens with zero attached hydrogens (tertiary/aromatic N) is 2. The number of aromatic nitrogens is 2. The number of hydrogen-bond donors (Lipinski definition) is 0. The number of thioether (sulfide) groups is 1. The Balaban J connectivity index is 1.86. The molecule has 128 valence electrons. The third kappa shape index (κ3) is 3.69. The molecular formula is C21H22N2OS. The van der Waals surface area contributed by atoms with Crippen molar-refractivity contribution in [1.29, 1.82) is 0 Å². The van der Waals surface area contributed by atoms with Crippen LogP contribution in [0.25, 0.3) is 5.69 Å². The summed E-state index contributed by atoms with van der Waals surface area (Å²) < 4.78 is 2.16. The molecular weight excluding hydrogens is 328 g/mol. The Morgan fingerprint density at radius 3 is 2.52 bits per heavy atom. The summed E-state index contributed by atoms with van der Waals surface area (Å²) >= 11 is 1.48. The Morgan fingerprint density at radius 2 is 1.84 bits per heavy atom. The largest absolute Gasteiger partial charge is 0.318 e. The number of rotatable bonds is 5. The van der Waals surface area contributed by atoms with Crippen molar-refractivity contribution in [3.05, 3.63) is 76.7 Å². The second-order valence-electron chi connectivity index (χ2n) is 6.27. The van der Waals surface area contributed by atoms with Gasteiger partial charge in [0.1, 0.15) is 0 Å². The predicted octanol–water partition coefficient (Wildman–Crippen LogP) is 5.08. The second kappa shape index (κ2) is 7.28. The highest BCUT2D eigenvalue weighted by atomic mass is 32.2. The lowest BCUT2D eigenvalue weighted by Gasteiger charge is -2.12. The van der Waals surface area contributed by atoms with E-state index in [0.717, 1.165) is 27.7 Å². The van der Waals surface area contributed by atoms with Crippen LogP contribution in [-0.4, -0.2) is 21.1 Å². The molecule has 0 saturated carbocycles. The van der Waals surface area contributed by atoms with Gasteiger partial charge < -0.3 is 4.57 Å². The molecule has 0 fully saturated rings. The fraction of sp³-hybridized carbons (Fsp3) is 0.238. The zero-order chi connectivity index (χ0) is 18.0. The van der Waals surface area contributed by atoms with Gasteiger partial charge in [-0.05, 0) is 69.2 Å². The molecule has 0 spiro atoms. The van der Waals surface area contributed by atoms with Crippen LogP contribution in [-0.2, 0) is 0 Å². The molecule has 0 aliphatic carbocycles. The molecule has 3 nitrogen and oxygen atoms in total. The fourth-order valence-electron chi connectivity index (χ4n) is 2.96. The molecule has 0 aliphatic rings. The highest BCUT2D eigenvalue weighted by Crippen LogP contribution is 2.24. The highest BCUT2D eigenvalue weighted by Gasteiger charge is 2.17. The predicted molar refractivity (Wildman–Crippen MR) is 104 cm³/mol. The van der Waals surface area contributed by atoms with Gasteiger partial charge >= 0.3 is 0 Å². The lowest BCUT2D eigenvalue weighted by molar-refractivity contribution is 0.102. The number of hydrogen-bond acceptors (Lipinski definition) is 3. The van der Waals surface area contributed by atoms with Crippen LogP contribution in [0.5, 0.6) is 0 Å². The number of pyridine rings is 1. The summed E-state index contributed by atoms with van der Waals surface area (Å²) in [5.74, 6) is 0.535. The maximum absolute atomic E-state index is 12.7. The van der Waals surface area contributed by atoms with Crippen LogP contribution in [0.3, 0.4) is 0 Å². The maximum Gasteiger partial charge on any atom is 0.174 e. The lowest BCUT2D eigenvalue weighted by atomic mass is 10.1. The van der Waals surface area contributed by atoms with Crippen LogP contribution in [0.1, 0.15) is 32.9 Å². The van der Waals surface area contributed by atoms with E-state index in [9.17, 15) is 4.79 Å². The van der Waals surface area contributed by atoms with Crippen LogP contribution in [0.2, 0.25) is 0 Å². The van der Waals surface area contributed by atoms with Crippen LogP contribution in [0.15, 0.2) is 53.7 Å². The monoisotopic (exact) mass is 350 g/mol. The minimum Gasteiger partial charge on any atom is -0.318 e. The number of carbonyl (C=O) groups excluding carboxylic acids is 1. The molecule has 0 radical (unpaired) electrons. The molecule has 3 rings (SSSR count). The van der Waals surface area contributed by atoms with Crippen molar-refractivity contribution in [3.63, 3.8) is 0 Å². The first-order valence-electron chi connectivity index (χ1n) is 8.31. The van der Waals surface area contributed by atoms with E-state index in [-0.39, 0.29) is 5.78 Å². The van der Waals surface area contributed by atoms with E-state index in [0.29, 0.717) is 5.75 Å². The summed E-state index contributed by atoms with van der Waals surface area (Å²) in [6.07, 6.45) is 1.75. The molecule has 4 heteroatoms. The Morgan fingerprint density at radius 1 is 1.04 bits per heavy atom. The third-order valence-electron chi connectivity index (χ3n) is 4.47. The third-order valence-corrected chi connectivity index (χ3v) is 5.41. The first-order chi connectivity index (χ1) is 12.0. The van der Waals surface area contributed by atoms with Gasteiger partial charge in [0.25, 0.3) is 0 Å². The van der Waals surface area contributed by atoms with Gasteiger partial charge in [0.15, 0.2) is 5.78 Å². The van der Waals surface area contributed by atoms with Gasteiger partial charge in [0.05, 0.1) is 10.8 Å². The molecule has 0 N–H and O–H groups in total. The number of benzene rings is 1. The molecule has 2 aromatic heterocycles. The number of aryl methyl sites for hydroxylation is 3. The Kier molecular flexibility index (Phi) is 5.09. The SMILES string of the molecule is Cc1ccc(-n2c(C)cc(C(=O)CSc3ccccn3)c2C)cc1C. The van der Waals surface area contributed by atoms with Crippen molar-refractivity contribution in [2.45, 2.75) is 32.7 Å². The first kappa shape index (κ1) is 17.5. The van der Waals surface area contributed by atoms with E-state index in [2.05, 4.69) is 41.6 Å². The number of ketones is 1. The van der Waals surface area contributed by atoms with Crippen molar-refractivity contribution in [1.82, 2.24) is 9.55 Å². The molecule has 2 heterocycles. The van der Waals surface area contributed by atoms with Gasteiger partial charge in [-0.25, -0.2) is 4.98 Å². The van der Waals surface area contributed by atoms with Crippen LogP contribution in [0.4, 0.5) is 0 Å². The van der Waals surface area contributed by atoms with E-state index >= 15 is 0 Å². The number of carbonyl (C=O) groups is 1. The quantitative estimate of drug-likeness (QED) is 0.475. The number of Topliss-reactive ketones (excluding diaryl/α,β-unsaturated/α-hetero) is 1. The van der Waals surface area contributed by atoms with Crippen LogP contribution >= 0.6 is 11.8 Å². The van der Waals surface area contributed by atoms with Gasteiger partial charge in [-0.3, -0.25) is 4.79 Å². The van der Waals surface area contributed by atoms with E-state index in [1.807, 2.05) is 38.1 Å². The minimum absolute atomic E-state index is 0.138. The second-order valence-corrected chi connectivity index (χ2v) is 7.26. The van der Waals surface area contributed by atoms with Crippen molar-refractivity contribution in [2.24, 2.45) is 0 Å². The summed E-state index contributed by atoms with van der Waals surface area (Å²) in [5, 5.41) is 0.874. The molecule has 0 bridgehead atoms. The van der Waals surface area contributed by atoms with E-state index in [1.54, 1.807) is 6.20 Å². The molecule has 3 aromatic rings. The van der Waals surface area contributed by atoms with Gasteiger partial charge in [0, 0.05) is 28.8 Å². The summed E-state index contributed by atoms with van der Waals surface area (Å²) in [6.45, 7) is 8.28. The zero-order valence-electron chi connectivity index (χ0n) is 15.0. The van der Waals surface area contributed by atoms with E-state index in [1.165, 1.54) is 22.9 Å². The molecule has 0 unspecified atom stereocenters. The Labute approximate surface area is 153 Å². The Bertz CT molecular complexity index is 913. The fourth-order valence-corrected chi connectivity index (χ4v) is 3.70. The average Bonchev–Trinajstić information content (AvgIpc) is 2.91. The zero-order valence-corrected chi connectivity index (χ0v) is 15.9. The summed E-state index contributed by atoms with van der Waals surface area (Å²) in [6, 6.07) is 14.1. The van der Waals surface area contributed by atoms with Crippen molar-refractivity contribution in [2.75, 3.05) is 5.75 Å². The lowest BCUT2D eigenvalue weighted by Crippen LogP contribution is -2.06. The summed E-state index contributed by atoms with van der Waals surface area (Å²) in [7, 11) is 0. The normalized spacial score (nSPS) is 10.9. The van der Waals surface area contributed by atoms with Crippen LogP contribution < -0.4 is 0 Å². The minimum atomic E-state index is 0.138. The van der Waals surface area contributed by atoms with Gasteiger partial charge in [-0.15, -0.1) is 0 Å².